The Bertz CT molecular complexity index is 1350. The van der Waals surface area contributed by atoms with Crippen LogP contribution in [0, 0.1) is 0 Å². The van der Waals surface area contributed by atoms with Gasteiger partial charge in [-0.1, -0.05) is 66.7 Å². The molecule has 2 atom stereocenters. The van der Waals surface area contributed by atoms with Gasteiger partial charge in [-0.05, 0) is 59.5 Å². The highest BCUT2D eigenvalue weighted by atomic mass is 35.5. The van der Waals surface area contributed by atoms with Crippen molar-refractivity contribution < 1.29 is 19.4 Å². The molecule has 2 unspecified atom stereocenters. The van der Waals surface area contributed by atoms with Crippen LogP contribution in [-0.2, 0) is 6.42 Å². The molecule has 0 bridgehead atoms. The van der Waals surface area contributed by atoms with Crippen LogP contribution in [0.5, 0.6) is 11.5 Å². The molecular weight excluding hydrogens is 474 g/mol. The Hall–Kier alpha value is -3.54. The molecule has 186 valence electrons. The van der Waals surface area contributed by atoms with Crippen molar-refractivity contribution in [1.29, 1.82) is 0 Å². The van der Waals surface area contributed by atoms with Crippen LogP contribution in [0.2, 0.25) is 0 Å². The Labute approximate surface area is 217 Å². The summed E-state index contributed by atoms with van der Waals surface area (Å²) < 4.78 is 11.6. The Morgan fingerprint density at radius 1 is 1.03 bits per heavy atom. The van der Waals surface area contributed by atoms with Crippen LogP contribution in [0.4, 0.5) is 0 Å². The van der Waals surface area contributed by atoms with Gasteiger partial charge in [-0.15, -0.1) is 12.4 Å². The lowest BCUT2D eigenvalue weighted by Gasteiger charge is -2.33. The Morgan fingerprint density at radius 2 is 1.81 bits per heavy atom. The van der Waals surface area contributed by atoms with Crippen LogP contribution in [0.3, 0.4) is 0 Å². The lowest BCUT2D eigenvalue weighted by molar-refractivity contribution is 0.0693. The van der Waals surface area contributed by atoms with E-state index < -0.39 is 5.97 Å². The molecule has 36 heavy (non-hydrogen) atoms. The summed E-state index contributed by atoms with van der Waals surface area (Å²) in [5, 5.41) is 15.8. The first kappa shape index (κ1) is 25.5. The highest BCUT2D eigenvalue weighted by Crippen LogP contribution is 2.41. The third-order valence-electron chi connectivity index (χ3n) is 6.77. The molecule has 0 spiro atoms. The number of carboxylic acid groups (broad SMARTS) is 1. The average molecular weight is 504 g/mol. The van der Waals surface area contributed by atoms with Gasteiger partial charge in [-0.25, -0.2) is 4.79 Å². The molecule has 1 aliphatic heterocycles. The topological polar surface area (TPSA) is 67.8 Å². The van der Waals surface area contributed by atoms with Gasteiger partial charge in [0, 0.05) is 18.0 Å². The van der Waals surface area contributed by atoms with Gasteiger partial charge in [0.25, 0.3) is 0 Å². The minimum atomic E-state index is -0.990. The fourth-order valence-electron chi connectivity index (χ4n) is 5.04. The van der Waals surface area contributed by atoms with Crippen molar-refractivity contribution in [2.24, 2.45) is 0 Å². The van der Waals surface area contributed by atoms with Gasteiger partial charge in [0.05, 0.1) is 7.11 Å². The predicted molar refractivity (Wildman–Crippen MR) is 145 cm³/mol. The number of carbonyl (C=O) groups is 1. The highest BCUT2D eigenvalue weighted by molar-refractivity contribution is 5.91. The quantitative estimate of drug-likeness (QED) is 0.285. The van der Waals surface area contributed by atoms with Crippen molar-refractivity contribution in [3.63, 3.8) is 0 Å². The van der Waals surface area contributed by atoms with Crippen molar-refractivity contribution in [2.45, 2.75) is 24.9 Å². The monoisotopic (exact) mass is 503 g/mol. The van der Waals surface area contributed by atoms with E-state index in [4.69, 9.17) is 9.47 Å². The molecule has 6 heteroatoms. The van der Waals surface area contributed by atoms with E-state index in [1.807, 2.05) is 24.3 Å². The second kappa shape index (κ2) is 11.5. The first-order chi connectivity index (χ1) is 17.1. The van der Waals surface area contributed by atoms with Crippen molar-refractivity contribution in [3.05, 3.63) is 107 Å². The predicted octanol–water partition coefficient (Wildman–Crippen LogP) is 6.08. The summed E-state index contributed by atoms with van der Waals surface area (Å²) in [5.74, 6) is 0.287. The smallest absolute Gasteiger partial charge is 0.339 e. The van der Waals surface area contributed by atoms with E-state index in [1.165, 1.54) is 23.4 Å². The van der Waals surface area contributed by atoms with Gasteiger partial charge >= 0.3 is 5.97 Å². The first-order valence-corrected chi connectivity index (χ1v) is 12.0. The van der Waals surface area contributed by atoms with E-state index in [9.17, 15) is 9.90 Å². The van der Waals surface area contributed by atoms with Crippen LogP contribution in [0.1, 0.15) is 39.4 Å². The van der Waals surface area contributed by atoms with Gasteiger partial charge in [0.2, 0.25) is 0 Å². The first-order valence-electron chi connectivity index (χ1n) is 12.0. The van der Waals surface area contributed by atoms with Gasteiger partial charge in [-0.2, -0.15) is 0 Å². The standard InChI is InChI=1S/C30H29NO4.ClH/c1-34-28-14-13-22(17-27(28)30(32)33)26-18-23(35-29-12-5-4-11-25(26)29)19-31-16-15-21-9-6-8-20-7-2-3-10-24(20)21;/h2-14,17,23,26,31H,15-16,18-19H2,1H3,(H,32,33);1H. The molecule has 0 aromatic heterocycles. The van der Waals surface area contributed by atoms with Crippen LogP contribution < -0.4 is 14.8 Å². The number of para-hydroxylation sites is 1. The molecule has 0 fully saturated rings. The number of methoxy groups -OCH3 is 1. The zero-order valence-corrected chi connectivity index (χ0v) is 21.0. The Morgan fingerprint density at radius 3 is 2.64 bits per heavy atom. The SMILES string of the molecule is COc1ccc(C2CC(CNCCc3cccc4ccccc34)Oc3ccccc32)cc1C(=O)O.Cl. The number of rotatable bonds is 8. The number of benzene rings is 4. The van der Waals surface area contributed by atoms with Gasteiger partial charge < -0.3 is 19.9 Å². The highest BCUT2D eigenvalue weighted by Gasteiger charge is 2.30. The molecule has 0 aliphatic carbocycles. The van der Waals surface area contributed by atoms with E-state index in [0.29, 0.717) is 5.75 Å². The third kappa shape index (κ3) is 5.32. The minimum Gasteiger partial charge on any atom is -0.496 e. The third-order valence-corrected chi connectivity index (χ3v) is 6.77. The van der Waals surface area contributed by atoms with Crippen molar-refractivity contribution in [1.82, 2.24) is 5.32 Å². The zero-order valence-electron chi connectivity index (χ0n) is 20.1. The number of hydrogen-bond acceptors (Lipinski definition) is 4. The van der Waals surface area contributed by atoms with Crippen molar-refractivity contribution in [3.8, 4) is 11.5 Å². The summed E-state index contributed by atoms with van der Waals surface area (Å²) in [6.45, 7) is 1.57. The summed E-state index contributed by atoms with van der Waals surface area (Å²) in [7, 11) is 1.49. The summed E-state index contributed by atoms with van der Waals surface area (Å²) in [6, 6.07) is 28.4. The maximum Gasteiger partial charge on any atom is 0.339 e. The fraction of sp³-hybridized carbons (Fsp3) is 0.233. The van der Waals surface area contributed by atoms with E-state index in [2.05, 4.69) is 53.8 Å². The largest absolute Gasteiger partial charge is 0.496 e. The molecule has 1 aliphatic rings. The van der Waals surface area contributed by atoms with Crippen molar-refractivity contribution in [2.75, 3.05) is 20.2 Å². The van der Waals surface area contributed by atoms with Crippen LogP contribution in [0.25, 0.3) is 10.8 Å². The number of fused-ring (bicyclic) bond motifs is 2. The molecule has 1 heterocycles. The summed E-state index contributed by atoms with van der Waals surface area (Å²) in [4.78, 5) is 11.8. The van der Waals surface area contributed by atoms with Gasteiger partial charge in [-0.3, -0.25) is 0 Å². The summed E-state index contributed by atoms with van der Waals surface area (Å²) in [6.07, 6.45) is 1.69. The molecular formula is C30H30ClNO4. The summed E-state index contributed by atoms with van der Waals surface area (Å²) in [5.41, 5.74) is 3.56. The molecule has 5 nitrogen and oxygen atoms in total. The minimum absolute atomic E-state index is 0. The number of carboxylic acids is 1. The van der Waals surface area contributed by atoms with E-state index in [-0.39, 0.29) is 30.0 Å². The number of hydrogen-bond donors (Lipinski definition) is 2. The van der Waals surface area contributed by atoms with Crippen LogP contribution in [0.15, 0.2) is 84.9 Å². The van der Waals surface area contributed by atoms with Crippen LogP contribution in [-0.4, -0.2) is 37.4 Å². The Balaban J connectivity index is 0.00000304. The number of aromatic carboxylic acids is 1. The molecule has 4 aromatic carbocycles. The van der Waals surface area contributed by atoms with E-state index in [1.54, 1.807) is 12.1 Å². The Kier molecular flexibility index (Phi) is 8.14. The lowest BCUT2D eigenvalue weighted by atomic mass is 9.83. The number of halogens is 1. The second-order valence-corrected chi connectivity index (χ2v) is 8.92. The maximum absolute atomic E-state index is 11.8. The van der Waals surface area contributed by atoms with E-state index in [0.717, 1.165) is 42.8 Å². The van der Waals surface area contributed by atoms with Crippen LogP contribution >= 0.6 is 12.4 Å². The van der Waals surface area contributed by atoms with Gasteiger partial charge in [0.15, 0.2) is 0 Å². The maximum atomic E-state index is 11.8. The summed E-state index contributed by atoms with van der Waals surface area (Å²) >= 11 is 0. The fourth-order valence-corrected chi connectivity index (χ4v) is 5.04. The normalized spacial score (nSPS) is 16.5. The lowest BCUT2D eigenvalue weighted by Crippen LogP contribution is -2.36. The molecule has 5 rings (SSSR count). The molecule has 2 N–H and O–H groups in total. The zero-order chi connectivity index (χ0) is 24.2. The molecule has 0 saturated heterocycles. The van der Waals surface area contributed by atoms with Crippen molar-refractivity contribution >= 4 is 29.1 Å². The number of nitrogens with one attached hydrogen (secondary N) is 1. The molecule has 0 radical (unpaired) electrons. The average Bonchev–Trinajstić information content (AvgIpc) is 2.90. The van der Waals surface area contributed by atoms with E-state index >= 15 is 0 Å². The van der Waals surface area contributed by atoms with Gasteiger partial charge in [0.1, 0.15) is 23.2 Å². The second-order valence-electron chi connectivity index (χ2n) is 8.92. The molecule has 4 aromatic rings. The molecule has 0 saturated carbocycles. The number of ether oxygens (including phenoxy) is 2. The molecule has 0 amide bonds.